The van der Waals surface area contributed by atoms with Crippen molar-refractivity contribution in [3.8, 4) is 5.75 Å². The first-order chi connectivity index (χ1) is 9.58. The second kappa shape index (κ2) is 9.41. The molecule has 0 bridgehead atoms. The molecule has 20 heavy (non-hydrogen) atoms. The Morgan fingerprint density at radius 3 is 2.60 bits per heavy atom. The minimum absolute atomic E-state index is 0.636. The Kier molecular flexibility index (Phi) is 8.24. The molecule has 0 saturated carbocycles. The highest BCUT2D eigenvalue weighted by Gasteiger charge is 2.11. The third kappa shape index (κ3) is 5.84. The number of benzene rings is 1. The summed E-state index contributed by atoms with van der Waals surface area (Å²) in [6, 6.07) is 7.00. The largest absolute Gasteiger partial charge is 0.496 e. The summed E-state index contributed by atoms with van der Waals surface area (Å²) in [6.45, 7) is 7.95. The molecule has 1 N–H and O–H groups in total. The molecule has 1 aromatic rings. The lowest BCUT2D eigenvalue weighted by Crippen LogP contribution is -2.34. The molecule has 0 spiro atoms. The fourth-order valence-electron chi connectivity index (χ4n) is 2.39. The van der Waals surface area contributed by atoms with E-state index in [0.29, 0.717) is 12.0 Å². The first kappa shape index (κ1) is 17.5. The van der Waals surface area contributed by atoms with Crippen LogP contribution in [0.5, 0.6) is 5.75 Å². The molecular weight excluding hydrogens is 314 g/mol. The Hall–Kier alpha value is -0.540. The minimum atomic E-state index is 0.636. The summed E-state index contributed by atoms with van der Waals surface area (Å²) in [5.41, 5.74) is 1.37. The number of methoxy groups -OCH3 is 1. The summed E-state index contributed by atoms with van der Waals surface area (Å²) in [4.78, 5) is 0. The van der Waals surface area contributed by atoms with Gasteiger partial charge in [-0.2, -0.15) is 0 Å². The van der Waals surface area contributed by atoms with Crippen molar-refractivity contribution in [2.75, 3.05) is 13.7 Å². The van der Waals surface area contributed by atoms with Crippen molar-refractivity contribution in [1.82, 2.24) is 5.32 Å². The van der Waals surface area contributed by atoms with Crippen molar-refractivity contribution in [3.05, 3.63) is 28.2 Å². The zero-order chi connectivity index (χ0) is 15.0. The topological polar surface area (TPSA) is 21.3 Å². The number of hydrogen-bond donors (Lipinski definition) is 1. The summed E-state index contributed by atoms with van der Waals surface area (Å²) in [6.07, 6.45) is 4.79. The molecule has 0 saturated heterocycles. The van der Waals surface area contributed by atoms with Crippen molar-refractivity contribution in [1.29, 1.82) is 0 Å². The molecule has 0 fully saturated rings. The van der Waals surface area contributed by atoms with Crippen LogP contribution in [0.3, 0.4) is 0 Å². The van der Waals surface area contributed by atoms with Gasteiger partial charge in [0.2, 0.25) is 0 Å². The van der Waals surface area contributed by atoms with E-state index in [2.05, 4.69) is 54.2 Å². The van der Waals surface area contributed by atoms with E-state index < -0.39 is 0 Å². The summed E-state index contributed by atoms with van der Waals surface area (Å²) >= 11 is 3.55. The fourth-order valence-corrected chi connectivity index (χ4v) is 2.98. The third-order valence-electron chi connectivity index (χ3n) is 3.66. The standard InChI is InChI=1S/C17H28BrNO/c1-5-11-19-16(13(2)3)8-6-7-14-9-10-17(20-4)15(18)12-14/h9-10,12-13,16,19H,5-8,11H2,1-4H3. The molecular formula is C17H28BrNO. The van der Waals surface area contributed by atoms with E-state index >= 15 is 0 Å². The molecule has 1 unspecified atom stereocenters. The highest BCUT2D eigenvalue weighted by atomic mass is 79.9. The monoisotopic (exact) mass is 341 g/mol. The molecule has 0 amide bonds. The molecule has 0 aliphatic carbocycles. The molecule has 0 aliphatic heterocycles. The highest BCUT2D eigenvalue weighted by molar-refractivity contribution is 9.10. The van der Waals surface area contributed by atoms with Gasteiger partial charge in [0.05, 0.1) is 11.6 Å². The number of nitrogens with one attached hydrogen (secondary N) is 1. The van der Waals surface area contributed by atoms with E-state index in [4.69, 9.17) is 4.74 Å². The van der Waals surface area contributed by atoms with E-state index in [1.165, 1.54) is 24.8 Å². The summed E-state index contributed by atoms with van der Waals surface area (Å²) in [5, 5.41) is 3.66. The smallest absolute Gasteiger partial charge is 0.133 e. The van der Waals surface area contributed by atoms with Gasteiger partial charge in [0.15, 0.2) is 0 Å². The predicted molar refractivity (Wildman–Crippen MR) is 90.6 cm³/mol. The third-order valence-corrected chi connectivity index (χ3v) is 4.28. The summed E-state index contributed by atoms with van der Waals surface area (Å²) in [5.74, 6) is 1.60. The molecule has 3 heteroatoms. The van der Waals surface area contributed by atoms with E-state index in [9.17, 15) is 0 Å². The van der Waals surface area contributed by atoms with Gasteiger partial charge >= 0.3 is 0 Å². The van der Waals surface area contributed by atoms with Crippen LogP contribution in [0.25, 0.3) is 0 Å². The van der Waals surface area contributed by atoms with E-state index in [0.717, 1.165) is 23.2 Å². The molecule has 1 atom stereocenters. The van der Waals surface area contributed by atoms with Crippen LogP contribution in [0.2, 0.25) is 0 Å². The van der Waals surface area contributed by atoms with Crippen LogP contribution in [0.15, 0.2) is 22.7 Å². The molecule has 0 aromatic heterocycles. The van der Waals surface area contributed by atoms with Gasteiger partial charge in [0.1, 0.15) is 5.75 Å². The molecule has 114 valence electrons. The van der Waals surface area contributed by atoms with Gasteiger partial charge in [-0.3, -0.25) is 0 Å². The van der Waals surface area contributed by atoms with Crippen molar-refractivity contribution >= 4 is 15.9 Å². The van der Waals surface area contributed by atoms with E-state index in [1.807, 2.05) is 6.07 Å². The first-order valence-electron chi connectivity index (χ1n) is 7.64. The van der Waals surface area contributed by atoms with Crippen LogP contribution in [-0.2, 0) is 6.42 Å². The van der Waals surface area contributed by atoms with E-state index in [1.54, 1.807) is 7.11 Å². The average Bonchev–Trinajstić information content (AvgIpc) is 2.42. The van der Waals surface area contributed by atoms with Gasteiger partial charge in [-0.15, -0.1) is 0 Å². The maximum Gasteiger partial charge on any atom is 0.133 e. The molecule has 1 rings (SSSR count). The van der Waals surface area contributed by atoms with Gasteiger partial charge in [-0.25, -0.2) is 0 Å². The Bertz CT molecular complexity index is 393. The van der Waals surface area contributed by atoms with Gasteiger partial charge in [-0.1, -0.05) is 26.8 Å². The quantitative estimate of drug-likeness (QED) is 0.696. The molecule has 2 nitrogen and oxygen atoms in total. The van der Waals surface area contributed by atoms with E-state index in [-0.39, 0.29) is 0 Å². The van der Waals surface area contributed by atoms with Gasteiger partial charge in [0.25, 0.3) is 0 Å². The number of ether oxygens (including phenoxy) is 1. The van der Waals surface area contributed by atoms with Crippen LogP contribution < -0.4 is 10.1 Å². The predicted octanol–water partition coefficient (Wildman–Crippen LogP) is 4.80. The Morgan fingerprint density at radius 1 is 1.30 bits per heavy atom. The first-order valence-corrected chi connectivity index (χ1v) is 8.43. The lowest BCUT2D eigenvalue weighted by molar-refractivity contribution is 0.370. The lowest BCUT2D eigenvalue weighted by atomic mass is 9.96. The number of hydrogen-bond acceptors (Lipinski definition) is 2. The zero-order valence-corrected chi connectivity index (χ0v) is 14.8. The Labute approximate surface area is 132 Å². The lowest BCUT2D eigenvalue weighted by Gasteiger charge is -2.22. The Balaban J connectivity index is 2.44. The second-order valence-electron chi connectivity index (χ2n) is 5.67. The zero-order valence-electron chi connectivity index (χ0n) is 13.2. The van der Waals surface area contributed by atoms with Crippen LogP contribution >= 0.6 is 15.9 Å². The van der Waals surface area contributed by atoms with Gasteiger partial charge in [-0.05, 0) is 71.8 Å². The maximum atomic E-state index is 5.26. The second-order valence-corrected chi connectivity index (χ2v) is 6.52. The van der Waals surface area contributed by atoms with Gasteiger partial charge in [0, 0.05) is 6.04 Å². The number of halogens is 1. The van der Waals surface area contributed by atoms with Crippen LogP contribution in [0.1, 0.15) is 45.6 Å². The summed E-state index contributed by atoms with van der Waals surface area (Å²) in [7, 11) is 1.70. The van der Waals surface area contributed by atoms with Crippen molar-refractivity contribution in [3.63, 3.8) is 0 Å². The number of aryl methyl sites for hydroxylation is 1. The highest BCUT2D eigenvalue weighted by Crippen LogP contribution is 2.26. The van der Waals surface area contributed by atoms with Gasteiger partial charge < -0.3 is 10.1 Å². The normalized spacial score (nSPS) is 12.7. The van der Waals surface area contributed by atoms with Crippen molar-refractivity contribution in [2.24, 2.45) is 5.92 Å². The minimum Gasteiger partial charge on any atom is -0.496 e. The van der Waals surface area contributed by atoms with Crippen LogP contribution in [0, 0.1) is 5.92 Å². The molecule has 0 aliphatic rings. The Morgan fingerprint density at radius 2 is 2.05 bits per heavy atom. The van der Waals surface area contributed by atoms with Crippen LogP contribution in [0.4, 0.5) is 0 Å². The molecule has 1 aromatic carbocycles. The fraction of sp³-hybridized carbons (Fsp3) is 0.647. The average molecular weight is 342 g/mol. The molecule has 0 heterocycles. The van der Waals surface area contributed by atoms with Crippen LogP contribution in [-0.4, -0.2) is 19.7 Å². The number of rotatable bonds is 9. The SMILES string of the molecule is CCCNC(CCCc1ccc(OC)c(Br)c1)C(C)C. The maximum absolute atomic E-state index is 5.26. The summed E-state index contributed by atoms with van der Waals surface area (Å²) < 4.78 is 6.31. The van der Waals surface area contributed by atoms with Crippen molar-refractivity contribution in [2.45, 2.75) is 52.5 Å². The van der Waals surface area contributed by atoms with Crippen molar-refractivity contribution < 1.29 is 4.74 Å². The molecule has 0 radical (unpaired) electrons.